The van der Waals surface area contributed by atoms with Gasteiger partial charge in [-0.1, -0.05) is 30.3 Å². The van der Waals surface area contributed by atoms with Gasteiger partial charge in [0.1, 0.15) is 17.5 Å². The Morgan fingerprint density at radius 3 is 2.65 bits per heavy atom. The van der Waals surface area contributed by atoms with Gasteiger partial charge in [0, 0.05) is 10.8 Å². The van der Waals surface area contributed by atoms with E-state index in [1.54, 1.807) is 6.08 Å². The van der Waals surface area contributed by atoms with Crippen molar-refractivity contribution in [2.24, 2.45) is 0 Å². The van der Waals surface area contributed by atoms with E-state index in [2.05, 4.69) is 0 Å². The van der Waals surface area contributed by atoms with E-state index in [0.717, 1.165) is 33.8 Å². The highest BCUT2D eigenvalue weighted by Crippen LogP contribution is 2.29. The van der Waals surface area contributed by atoms with Crippen molar-refractivity contribution in [1.29, 1.82) is 0 Å². The number of aldehydes is 1. The van der Waals surface area contributed by atoms with Crippen molar-refractivity contribution < 1.29 is 9.21 Å². The Morgan fingerprint density at radius 1 is 0.941 bits per heavy atom. The largest absolute Gasteiger partial charge is 0.456 e. The van der Waals surface area contributed by atoms with Gasteiger partial charge in [0.05, 0.1) is 0 Å². The lowest BCUT2D eigenvalue weighted by Gasteiger charge is -1.92. The molecule has 0 atom stereocenters. The SMILES string of the molecule is O=CC=Cc1ccc2oc3ccccc3c2c1. The van der Waals surface area contributed by atoms with Crippen LogP contribution in [0.5, 0.6) is 0 Å². The van der Waals surface area contributed by atoms with Crippen LogP contribution in [0.2, 0.25) is 0 Å². The number of fused-ring (bicyclic) bond motifs is 3. The average molecular weight is 222 g/mol. The van der Waals surface area contributed by atoms with Crippen LogP contribution in [0.1, 0.15) is 5.56 Å². The molecule has 0 radical (unpaired) electrons. The van der Waals surface area contributed by atoms with Gasteiger partial charge in [-0.15, -0.1) is 0 Å². The molecular weight excluding hydrogens is 212 g/mol. The van der Waals surface area contributed by atoms with Crippen LogP contribution in [-0.4, -0.2) is 6.29 Å². The molecule has 2 heteroatoms. The third kappa shape index (κ3) is 1.64. The normalized spacial score (nSPS) is 11.5. The molecule has 0 saturated heterocycles. The van der Waals surface area contributed by atoms with Gasteiger partial charge in [0.25, 0.3) is 0 Å². The fraction of sp³-hybridized carbons (Fsp3) is 0. The first-order valence-corrected chi connectivity index (χ1v) is 5.41. The first-order chi connectivity index (χ1) is 8.38. The van der Waals surface area contributed by atoms with Crippen LogP contribution in [0.15, 0.2) is 53.0 Å². The second-order valence-electron chi connectivity index (χ2n) is 3.85. The molecule has 0 fully saturated rings. The van der Waals surface area contributed by atoms with E-state index in [4.69, 9.17) is 4.42 Å². The Balaban J connectivity index is 2.29. The molecule has 0 aliphatic heterocycles. The minimum absolute atomic E-state index is 0.775. The van der Waals surface area contributed by atoms with Crippen molar-refractivity contribution in [2.75, 3.05) is 0 Å². The fourth-order valence-corrected chi connectivity index (χ4v) is 2.00. The Bertz CT molecular complexity index is 720. The molecule has 82 valence electrons. The number of hydrogen-bond acceptors (Lipinski definition) is 2. The Kier molecular flexibility index (Phi) is 2.26. The van der Waals surface area contributed by atoms with Crippen LogP contribution >= 0.6 is 0 Å². The topological polar surface area (TPSA) is 30.2 Å². The van der Waals surface area contributed by atoms with E-state index in [1.807, 2.05) is 42.5 Å². The van der Waals surface area contributed by atoms with E-state index in [9.17, 15) is 4.79 Å². The van der Waals surface area contributed by atoms with Crippen LogP contribution in [-0.2, 0) is 4.79 Å². The molecule has 0 saturated carbocycles. The van der Waals surface area contributed by atoms with E-state index in [-0.39, 0.29) is 0 Å². The number of carbonyl (C=O) groups is 1. The van der Waals surface area contributed by atoms with Gasteiger partial charge in [0.15, 0.2) is 0 Å². The van der Waals surface area contributed by atoms with Crippen LogP contribution < -0.4 is 0 Å². The summed E-state index contributed by atoms with van der Waals surface area (Å²) in [6.07, 6.45) is 4.05. The minimum Gasteiger partial charge on any atom is -0.456 e. The lowest BCUT2D eigenvalue weighted by atomic mass is 10.1. The number of carbonyl (C=O) groups excluding carboxylic acids is 1. The molecule has 0 spiro atoms. The summed E-state index contributed by atoms with van der Waals surface area (Å²) in [5.74, 6) is 0. The van der Waals surface area contributed by atoms with Crippen LogP contribution in [0.4, 0.5) is 0 Å². The summed E-state index contributed by atoms with van der Waals surface area (Å²) in [5, 5.41) is 2.18. The molecule has 0 aliphatic carbocycles. The maximum absolute atomic E-state index is 10.3. The maximum atomic E-state index is 10.3. The van der Waals surface area contributed by atoms with E-state index < -0.39 is 0 Å². The highest BCUT2D eigenvalue weighted by Gasteiger charge is 2.05. The highest BCUT2D eigenvalue weighted by atomic mass is 16.3. The van der Waals surface area contributed by atoms with Gasteiger partial charge in [0.2, 0.25) is 0 Å². The average Bonchev–Trinajstić information content (AvgIpc) is 2.74. The van der Waals surface area contributed by atoms with Gasteiger partial charge >= 0.3 is 0 Å². The van der Waals surface area contributed by atoms with Crippen LogP contribution in [0, 0.1) is 0 Å². The molecule has 3 rings (SSSR count). The van der Waals surface area contributed by atoms with Gasteiger partial charge in [-0.05, 0) is 29.8 Å². The molecule has 0 N–H and O–H groups in total. The van der Waals surface area contributed by atoms with Crippen molar-refractivity contribution in [3.63, 3.8) is 0 Å². The Morgan fingerprint density at radius 2 is 1.76 bits per heavy atom. The lowest BCUT2D eigenvalue weighted by molar-refractivity contribution is -0.104. The van der Waals surface area contributed by atoms with Crippen LogP contribution in [0.25, 0.3) is 28.0 Å². The van der Waals surface area contributed by atoms with Gasteiger partial charge in [-0.2, -0.15) is 0 Å². The Labute approximate surface area is 98.2 Å². The zero-order valence-electron chi connectivity index (χ0n) is 9.09. The second kappa shape index (κ2) is 3.91. The van der Waals surface area contributed by atoms with E-state index in [1.165, 1.54) is 6.08 Å². The predicted octanol–water partition coefficient (Wildman–Crippen LogP) is 3.80. The number of hydrogen-bond donors (Lipinski definition) is 0. The summed E-state index contributed by atoms with van der Waals surface area (Å²) in [5.41, 5.74) is 2.75. The number of furan rings is 1. The van der Waals surface area contributed by atoms with Crippen molar-refractivity contribution in [2.45, 2.75) is 0 Å². The molecule has 0 unspecified atom stereocenters. The highest BCUT2D eigenvalue weighted by molar-refractivity contribution is 6.05. The van der Waals surface area contributed by atoms with E-state index in [0.29, 0.717) is 0 Å². The zero-order valence-corrected chi connectivity index (χ0v) is 9.09. The van der Waals surface area contributed by atoms with E-state index >= 15 is 0 Å². The standard InChI is InChI=1S/C15H10O2/c16-9-3-4-11-7-8-15-13(10-11)12-5-1-2-6-14(12)17-15/h1-10H. The quantitative estimate of drug-likeness (QED) is 0.487. The van der Waals surface area contributed by atoms with Crippen molar-refractivity contribution in [3.05, 3.63) is 54.1 Å². The summed E-state index contributed by atoms with van der Waals surface area (Å²) in [7, 11) is 0. The van der Waals surface area contributed by atoms with Crippen molar-refractivity contribution >= 4 is 34.3 Å². The molecule has 1 aromatic heterocycles. The lowest BCUT2D eigenvalue weighted by Crippen LogP contribution is -1.72. The maximum Gasteiger partial charge on any atom is 0.142 e. The fourth-order valence-electron chi connectivity index (χ4n) is 2.00. The predicted molar refractivity (Wildman–Crippen MR) is 68.8 cm³/mol. The number of rotatable bonds is 2. The van der Waals surface area contributed by atoms with Gasteiger partial charge in [-0.3, -0.25) is 4.79 Å². The smallest absolute Gasteiger partial charge is 0.142 e. The Hall–Kier alpha value is -2.35. The summed E-state index contributed by atoms with van der Waals surface area (Å²) in [6, 6.07) is 13.8. The van der Waals surface area contributed by atoms with Crippen molar-refractivity contribution in [3.8, 4) is 0 Å². The molecule has 3 aromatic rings. The summed E-state index contributed by atoms with van der Waals surface area (Å²) in [6.45, 7) is 0. The zero-order chi connectivity index (χ0) is 11.7. The number of benzene rings is 2. The van der Waals surface area contributed by atoms with Crippen LogP contribution in [0.3, 0.4) is 0 Å². The molecule has 0 bridgehead atoms. The molecular formula is C15H10O2. The monoisotopic (exact) mass is 222 g/mol. The number of para-hydroxylation sites is 1. The van der Waals surface area contributed by atoms with Gasteiger partial charge in [-0.25, -0.2) is 0 Å². The molecule has 2 aromatic carbocycles. The molecule has 0 amide bonds. The third-order valence-electron chi connectivity index (χ3n) is 2.77. The molecule has 2 nitrogen and oxygen atoms in total. The first-order valence-electron chi connectivity index (χ1n) is 5.41. The first kappa shape index (κ1) is 9.85. The molecule has 17 heavy (non-hydrogen) atoms. The third-order valence-corrected chi connectivity index (χ3v) is 2.77. The van der Waals surface area contributed by atoms with Gasteiger partial charge < -0.3 is 4.42 Å². The molecule has 1 heterocycles. The minimum atomic E-state index is 0.775. The summed E-state index contributed by atoms with van der Waals surface area (Å²) in [4.78, 5) is 10.3. The molecule has 0 aliphatic rings. The van der Waals surface area contributed by atoms with Crippen molar-refractivity contribution in [1.82, 2.24) is 0 Å². The number of allylic oxidation sites excluding steroid dienone is 1. The summed E-state index contributed by atoms with van der Waals surface area (Å²) < 4.78 is 5.72. The second-order valence-corrected chi connectivity index (χ2v) is 3.85. The summed E-state index contributed by atoms with van der Waals surface area (Å²) >= 11 is 0.